The standard InChI is InChI=1S/C26H24N4O3/c1-19-12-14-20(15-13-19)26-21(17-30(29-26)22-8-4-3-5-9-22)16-27-28-25(31)18-33-24-11-7-6-10-23(24)32-2/h3-17H,18H2,1-2H3,(H,28,31)/b27-16+. The molecular formula is C26H24N4O3. The Labute approximate surface area is 192 Å². The molecule has 0 aliphatic carbocycles. The van der Waals surface area contributed by atoms with E-state index < -0.39 is 0 Å². The minimum absolute atomic E-state index is 0.189. The highest BCUT2D eigenvalue weighted by Gasteiger charge is 2.11. The van der Waals surface area contributed by atoms with Crippen LogP contribution >= 0.6 is 0 Å². The Kier molecular flexibility index (Phi) is 6.80. The van der Waals surface area contributed by atoms with Gasteiger partial charge in [0.15, 0.2) is 18.1 Å². The van der Waals surface area contributed by atoms with Crippen LogP contribution in [0.15, 0.2) is 90.2 Å². The normalized spacial score (nSPS) is 10.8. The fraction of sp³-hybridized carbons (Fsp3) is 0.115. The molecule has 3 aromatic carbocycles. The average molecular weight is 441 g/mol. The van der Waals surface area contributed by atoms with Crippen LogP contribution in [-0.2, 0) is 4.79 Å². The van der Waals surface area contributed by atoms with Gasteiger partial charge in [-0.3, -0.25) is 4.79 Å². The molecule has 0 spiro atoms. The van der Waals surface area contributed by atoms with Gasteiger partial charge < -0.3 is 9.47 Å². The highest BCUT2D eigenvalue weighted by Crippen LogP contribution is 2.25. The molecule has 0 bridgehead atoms. The maximum Gasteiger partial charge on any atom is 0.277 e. The van der Waals surface area contributed by atoms with Crippen LogP contribution in [0.1, 0.15) is 11.1 Å². The van der Waals surface area contributed by atoms with Crippen molar-refractivity contribution in [3.05, 3.63) is 96.2 Å². The van der Waals surface area contributed by atoms with E-state index in [4.69, 9.17) is 14.6 Å². The van der Waals surface area contributed by atoms with E-state index in [9.17, 15) is 4.79 Å². The average Bonchev–Trinajstić information content (AvgIpc) is 3.28. The molecule has 0 unspecified atom stereocenters. The first-order valence-electron chi connectivity index (χ1n) is 10.4. The van der Waals surface area contributed by atoms with Crippen molar-refractivity contribution in [2.45, 2.75) is 6.92 Å². The summed E-state index contributed by atoms with van der Waals surface area (Å²) < 4.78 is 12.5. The monoisotopic (exact) mass is 440 g/mol. The number of hydrogen-bond donors (Lipinski definition) is 1. The number of carbonyl (C=O) groups excluding carboxylic acids is 1. The minimum atomic E-state index is -0.385. The lowest BCUT2D eigenvalue weighted by Crippen LogP contribution is -2.24. The van der Waals surface area contributed by atoms with Crippen LogP contribution in [-0.4, -0.2) is 35.6 Å². The molecule has 166 valence electrons. The predicted octanol–water partition coefficient (Wildman–Crippen LogP) is 4.39. The van der Waals surface area contributed by atoms with Crippen molar-refractivity contribution < 1.29 is 14.3 Å². The van der Waals surface area contributed by atoms with Gasteiger partial charge in [0, 0.05) is 17.3 Å². The first-order chi connectivity index (χ1) is 16.1. The van der Waals surface area contributed by atoms with E-state index in [1.807, 2.05) is 79.9 Å². The molecule has 0 aliphatic rings. The summed E-state index contributed by atoms with van der Waals surface area (Å²) in [5.74, 6) is 0.666. The number of ether oxygens (including phenoxy) is 2. The molecule has 4 rings (SSSR count). The number of hydrazone groups is 1. The van der Waals surface area contributed by atoms with Crippen LogP contribution < -0.4 is 14.9 Å². The van der Waals surface area contributed by atoms with Crippen molar-refractivity contribution >= 4 is 12.1 Å². The number of hydrogen-bond acceptors (Lipinski definition) is 5. The largest absolute Gasteiger partial charge is 0.493 e. The number of nitrogens with one attached hydrogen (secondary N) is 1. The molecule has 1 heterocycles. The molecule has 0 radical (unpaired) electrons. The van der Waals surface area contributed by atoms with Gasteiger partial charge in [-0.15, -0.1) is 0 Å². The third kappa shape index (κ3) is 5.46. The highest BCUT2D eigenvalue weighted by molar-refractivity contribution is 5.89. The van der Waals surface area contributed by atoms with Gasteiger partial charge >= 0.3 is 0 Å². The van der Waals surface area contributed by atoms with Gasteiger partial charge in [0.05, 0.1) is 19.0 Å². The van der Waals surface area contributed by atoms with E-state index in [2.05, 4.69) is 10.5 Å². The van der Waals surface area contributed by atoms with Crippen molar-refractivity contribution in [3.63, 3.8) is 0 Å². The van der Waals surface area contributed by atoms with Gasteiger partial charge in [0.25, 0.3) is 5.91 Å². The molecule has 7 heteroatoms. The summed E-state index contributed by atoms with van der Waals surface area (Å²) in [4.78, 5) is 12.2. The summed E-state index contributed by atoms with van der Waals surface area (Å²) in [5, 5.41) is 8.87. The third-order valence-electron chi connectivity index (χ3n) is 4.91. The zero-order valence-corrected chi connectivity index (χ0v) is 18.4. The summed E-state index contributed by atoms with van der Waals surface area (Å²) in [6.45, 7) is 1.85. The maximum absolute atomic E-state index is 12.2. The fourth-order valence-corrected chi connectivity index (χ4v) is 3.22. The van der Waals surface area contributed by atoms with Gasteiger partial charge in [-0.2, -0.15) is 10.2 Å². The number of aryl methyl sites for hydroxylation is 1. The van der Waals surface area contributed by atoms with E-state index in [0.29, 0.717) is 11.5 Å². The number of carbonyl (C=O) groups is 1. The van der Waals surface area contributed by atoms with Crippen LogP contribution in [0.2, 0.25) is 0 Å². The maximum atomic E-state index is 12.2. The summed E-state index contributed by atoms with van der Waals surface area (Å²) in [5.41, 5.74) is 7.10. The molecule has 0 saturated heterocycles. The number of para-hydroxylation sites is 3. The zero-order valence-electron chi connectivity index (χ0n) is 18.4. The fourth-order valence-electron chi connectivity index (χ4n) is 3.22. The van der Waals surface area contributed by atoms with Crippen molar-refractivity contribution in [2.75, 3.05) is 13.7 Å². The van der Waals surface area contributed by atoms with E-state index in [1.165, 1.54) is 5.56 Å². The van der Waals surface area contributed by atoms with Crippen LogP contribution in [0.5, 0.6) is 11.5 Å². The molecule has 1 amide bonds. The second-order valence-electron chi connectivity index (χ2n) is 7.31. The van der Waals surface area contributed by atoms with E-state index >= 15 is 0 Å². The lowest BCUT2D eigenvalue weighted by Gasteiger charge is -2.09. The first kappa shape index (κ1) is 21.8. The summed E-state index contributed by atoms with van der Waals surface area (Å²) in [6, 6.07) is 25.1. The van der Waals surface area contributed by atoms with Gasteiger partial charge in [0.2, 0.25) is 0 Å². The van der Waals surface area contributed by atoms with Gasteiger partial charge in [0.1, 0.15) is 5.69 Å². The second-order valence-corrected chi connectivity index (χ2v) is 7.31. The van der Waals surface area contributed by atoms with E-state index in [-0.39, 0.29) is 12.5 Å². The van der Waals surface area contributed by atoms with Crippen LogP contribution in [0, 0.1) is 6.92 Å². The number of rotatable bonds is 8. The number of benzene rings is 3. The zero-order chi connectivity index (χ0) is 23.0. The summed E-state index contributed by atoms with van der Waals surface area (Å²) in [6.07, 6.45) is 3.47. The molecular weight excluding hydrogens is 416 g/mol. The number of aromatic nitrogens is 2. The first-order valence-corrected chi connectivity index (χ1v) is 10.4. The Morgan fingerprint density at radius 1 is 1.00 bits per heavy atom. The van der Waals surface area contributed by atoms with Gasteiger partial charge in [-0.25, -0.2) is 10.1 Å². The molecule has 0 saturated carbocycles. The molecule has 4 aromatic rings. The Hall–Kier alpha value is -4.39. The Morgan fingerprint density at radius 2 is 1.70 bits per heavy atom. The van der Waals surface area contributed by atoms with Crippen molar-refractivity contribution in [3.8, 4) is 28.4 Å². The summed E-state index contributed by atoms with van der Waals surface area (Å²) >= 11 is 0. The van der Waals surface area contributed by atoms with Crippen LogP contribution in [0.3, 0.4) is 0 Å². The predicted molar refractivity (Wildman–Crippen MR) is 128 cm³/mol. The second kappa shape index (κ2) is 10.3. The van der Waals surface area contributed by atoms with Crippen LogP contribution in [0.25, 0.3) is 16.9 Å². The number of amides is 1. The van der Waals surface area contributed by atoms with E-state index in [1.54, 1.807) is 30.1 Å². The van der Waals surface area contributed by atoms with Crippen molar-refractivity contribution in [1.29, 1.82) is 0 Å². The summed E-state index contributed by atoms with van der Waals surface area (Å²) in [7, 11) is 1.55. The Morgan fingerprint density at radius 3 is 2.42 bits per heavy atom. The van der Waals surface area contributed by atoms with Gasteiger partial charge in [-0.1, -0.05) is 60.2 Å². The molecule has 0 atom stereocenters. The minimum Gasteiger partial charge on any atom is -0.493 e. The Balaban J connectivity index is 1.49. The molecule has 1 N–H and O–H groups in total. The molecule has 0 aliphatic heterocycles. The molecule has 33 heavy (non-hydrogen) atoms. The highest BCUT2D eigenvalue weighted by atomic mass is 16.5. The van der Waals surface area contributed by atoms with Gasteiger partial charge in [-0.05, 0) is 31.2 Å². The topological polar surface area (TPSA) is 77.7 Å². The molecule has 1 aromatic heterocycles. The number of nitrogens with zero attached hydrogens (tertiary/aromatic N) is 3. The third-order valence-corrected chi connectivity index (χ3v) is 4.91. The van der Waals surface area contributed by atoms with Crippen LogP contribution in [0.4, 0.5) is 0 Å². The Bertz CT molecular complexity index is 1250. The van der Waals surface area contributed by atoms with Crippen molar-refractivity contribution in [1.82, 2.24) is 15.2 Å². The number of methoxy groups -OCH3 is 1. The lowest BCUT2D eigenvalue weighted by molar-refractivity contribution is -0.123. The quantitative estimate of drug-likeness (QED) is 0.326. The molecule has 7 nitrogen and oxygen atoms in total. The van der Waals surface area contributed by atoms with E-state index in [0.717, 1.165) is 22.5 Å². The van der Waals surface area contributed by atoms with Crippen molar-refractivity contribution in [2.24, 2.45) is 5.10 Å². The molecule has 0 fully saturated rings. The lowest BCUT2D eigenvalue weighted by atomic mass is 10.1. The smallest absolute Gasteiger partial charge is 0.277 e. The SMILES string of the molecule is COc1ccccc1OCC(=O)N/N=C/c1cn(-c2ccccc2)nc1-c1ccc(C)cc1.